The van der Waals surface area contributed by atoms with E-state index in [1.807, 2.05) is 0 Å². The lowest BCUT2D eigenvalue weighted by molar-refractivity contribution is 0.0940. The molecule has 0 fully saturated rings. The summed E-state index contributed by atoms with van der Waals surface area (Å²) in [5, 5.41) is 6.35. The summed E-state index contributed by atoms with van der Waals surface area (Å²) in [4.78, 5) is 11.7. The van der Waals surface area contributed by atoms with Crippen LogP contribution in [-0.2, 0) is 16.1 Å². The molecule has 1 N–H and O–H groups in total. The molecule has 6 nitrogen and oxygen atoms in total. The molecule has 96 valence electrons. The highest BCUT2D eigenvalue weighted by molar-refractivity contribution is 9.09. The lowest BCUT2D eigenvalue weighted by atomic mass is 10.3. The third-order valence-electron chi connectivity index (χ3n) is 1.91. The molecule has 0 aliphatic carbocycles. The van der Waals surface area contributed by atoms with Crippen molar-refractivity contribution >= 4 is 21.8 Å². The zero-order chi connectivity index (χ0) is 12.7. The van der Waals surface area contributed by atoms with Crippen molar-refractivity contribution < 1.29 is 18.8 Å². The molecule has 0 saturated carbocycles. The van der Waals surface area contributed by atoms with Crippen LogP contribution < -0.4 is 5.32 Å². The number of aromatic nitrogens is 1. The minimum absolute atomic E-state index is 0.0711. The standard InChI is InChI=1S/C10H15BrN2O4/c1-15-5-7(11)4-12-10(14)9-3-8(6-16-2)17-13-9/h3,7H,4-6H2,1-2H3,(H,12,14). The Morgan fingerprint density at radius 2 is 2.35 bits per heavy atom. The summed E-state index contributed by atoms with van der Waals surface area (Å²) < 4.78 is 14.7. The van der Waals surface area contributed by atoms with Crippen LogP contribution in [-0.4, -0.2) is 43.3 Å². The van der Waals surface area contributed by atoms with Crippen LogP contribution in [0.4, 0.5) is 0 Å². The monoisotopic (exact) mass is 306 g/mol. The molecular formula is C10H15BrN2O4. The third-order valence-corrected chi connectivity index (χ3v) is 2.50. The van der Waals surface area contributed by atoms with Crippen LogP contribution in [0.15, 0.2) is 10.6 Å². The predicted octanol–water partition coefficient (Wildman–Crippen LogP) is 0.961. The quantitative estimate of drug-likeness (QED) is 0.760. The van der Waals surface area contributed by atoms with Gasteiger partial charge in [-0.2, -0.15) is 0 Å². The first-order valence-electron chi connectivity index (χ1n) is 5.03. The molecule has 1 aromatic rings. The SMILES string of the molecule is COCc1cc(C(=O)NCC(Br)COC)no1. The average molecular weight is 307 g/mol. The number of nitrogens with zero attached hydrogens (tertiary/aromatic N) is 1. The van der Waals surface area contributed by atoms with E-state index in [0.717, 1.165) is 0 Å². The van der Waals surface area contributed by atoms with Gasteiger partial charge in [0.05, 0.1) is 11.4 Å². The summed E-state index contributed by atoms with van der Waals surface area (Å²) in [6.45, 7) is 1.28. The van der Waals surface area contributed by atoms with E-state index < -0.39 is 0 Å². The van der Waals surface area contributed by atoms with Crippen LogP contribution in [0, 0.1) is 0 Å². The van der Waals surface area contributed by atoms with Gasteiger partial charge in [0.25, 0.3) is 5.91 Å². The van der Waals surface area contributed by atoms with Gasteiger partial charge in [0.15, 0.2) is 11.5 Å². The second kappa shape index (κ2) is 7.41. The van der Waals surface area contributed by atoms with E-state index in [9.17, 15) is 4.79 Å². The molecule has 7 heteroatoms. The Morgan fingerprint density at radius 3 is 3.00 bits per heavy atom. The Labute approximate surface area is 108 Å². The fourth-order valence-electron chi connectivity index (χ4n) is 1.16. The van der Waals surface area contributed by atoms with E-state index in [1.165, 1.54) is 0 Å². The van der Waals surface area contributed by atoms with Gasteiger partial charge in [-0.05, 0) is 0 Å². The largest absolute Gasteiger partial charge is 0.383 e. The average Bonchev–Trinajstić information content (AvgIpc) is 2.75. The molecule has 17 heavy (non-hydrogen) atoms. The van der Waals surface area contributed by atoms with E-state index in [0.29, 0.717) is 25.5 Å². The molecule has 1 heterocycles. The maximum absolute atomic E-state index is 11.6. The molecule has 1 rings (SSSR count). The Balaban J connectivity index is 2.40. The van der Waals surface area contributed by atoms with Crippen LogP contribution in [0.2, 0.25) is 0 Å². The molecule has 0 aromatic carbocycles. The second-order valence-electron chi connectivity index (χ2n) is 3.37. The fraction of sp³-hybridized carbons (Fsp3) is 0.600. The van der Waals surface area contributed by atoms with Gasteiger partial charge in [0.1, 0.15) is 6.61 Å². The van der Waals surface area contributed by atoms with Crippen molar-refractivity contribution in [3.8, 4) is 0 Å². The van der Waals surface area contributed by atoms with Crippen LogP contribution in [0.5, 0.6) is 0 Å². The normalized spacial score (nSPS) is 12.4. The van der Waals surface area contributed by atoms with Gasteiger partial charge in [0.2, 0.25) is 0 Å². The number of nitrogens with one attached hydrogen (secondary N) is 1. The van der Waals surface area contributed by atoms with Gasteiger partial charge < -0.3 is 19.3 Å². The summed E-state index contributed by atoms with van der Waals surface area (Å²) in [7, 11) is 3.15. The molecule has 0 aliphatic rings. The minimum Gasteiger partial charge on any atom is -0.383 e. The number of alkyl halides is 1. The molecular weight excluding hydrogens is 292 g/mol. The molecule has 1 aromatic heterocycles. The summed E-state index contributed by atoms with van der Waals surface area (Å²) in [6.07, 6.45) is 0. The number of carbonyl (C=O) groups is 1. The number of halogens is 1. The van der Waals surface area contributed by atoms with E-state index in [-0.39, 0.29) is 16.4 Å². The number of hydrogen-bond acceptors (Lipinski definition) is 5. The number of hydrogen-bond donors (Lipinski definition) is 1. The van der Waals surface area contributed by atoms with Gasteiger partial charge in [0, 0.05) is 26.8 Å². The van der Waals surface area contributed by atoms with Crippen molar-refractivity contribution in [3.63, 3.8) is 0 Å². The Morgan fingerprint density at radius 1 is 1.59 bits per heavy atom. The molecule has 1 atom stereocenters. The fourth-order valence-corrected chi connectivity index (χ4v) is 1.59. The smallest absolute Gasteiger partial charge is 0.273 e. The van der Waals surface area contributed by atoms with Gasteiger partial charge >= 0.3 is 0 Å². The topological polar surface area (TPSA) is 73.6 Å². The number of methoxy groups -OCH3 is 2. The van der Waals surface area contributed by atoms with E-state index in [4.69, 9.17) is 14.0 Å². The van der Waals surface area contributed by atoms with Crippen molar-refractivity contribution in [2.24, 2.45) is 0 Å². The highest BCUT2D eigenvalue weighted by Gasteiger charge is 2.13. The number of amides is 1. The summed E-state index contributed by atoms with van der Waals surface area (Å²) in [6, 6.07) is 1.55. The highest BCUT2D eigenvalue weighted by atomic mass is 79.9. The van der Waals surface area contributed by atoms with Crippen molar-refractivity contribution in [2.45, 2.75) is 11.4 Å². The summed E-state index contributed by atoms with van der Waals surface area (Å²) >= 11 is 3.37. The lowest BCUT2D eigenvalue weighted by Gasteiger charge is -2.08. The second-order valence-corrected chi connectivity index (χ2v) is 4.67. The number of ether oxygens (including phenoxy) is 2. The van der Waals surface area contributed by atoms with E-state index in [1.54, 1.807) is 20.3 Å². The van der Waals surface area contributed by atoms with Crippen molar-refractivity contribution in [2.75, 3.05) is 27.4 Å². The van der Waals surface area contributed by atoms with Gasteiger partial charge in [-0.3, -0.25) is 4.79 Å². The van der Waals surface area contributed by atoms with Crippen molar-refractivity contribution in [1.82, 2.24) is 10.5 Å². The van der Waals surface area contributed by atoms with Crippen LogP contribution in [0.1, 0.15) is 16.2 Å². The van der Waals surface area contributed by atoms with Crippen LogP contribution >= 0.6 is 15.9 Å². The Kier molecular flexibility index (Phi) is 6.17. The maximum atomic E-state index is 11.6. The lowest BCUT2D eigenvalue weighted by Crippen LogP contribution is -2.31. The number of rotatable bonds is 7. The van der Waals surface area contributed by atoms with Crippen LogP contribution in [0.25, 0.3) is 0 Å². The summed E-state index contributed by atoms with van der Waals surface area (Å²) in [5.74, 6) is 0.238. The molecule has 0 saturated heterocycles. The molecule has 1 amide bonds. The van der Waals surface area contributed by atoms with Gasteiger partial charge in [-0.1, -0.05) is 21.1 Å². The molecule has 0 radical (unpaired) electrons. The molecule has 0 bridgehead atoms. The number of carbonyl (C=O) groups excluding carboxylic acids is 1. The zero-order valence-corrected chi connectivity index (χ0v) is 11.3. The molecule has 0 spiro atoms. The predicted molar refractivity (Wildman–Crippen MR) is 64.1 cm³/mol. The van der Waals surface area contributed by atoms with Gasteiger partial charge in [-0.25, -0.2) is 0 Å². The highest BCUT2D eigenvalue weighted by Crippen LogP contribution is 2.05. The Bertz CT molecular complexity index is 356. The first-order valence-corrected chi connectivity index (χ1v) is 5.94. The first kappa shape index (κ1) is 14.1. The zero-order valence-electron chi connectivity index (χ0n) is 9.73. The van der Waals surface area contributed by atoms with Crippen LogP contribution in [0.3, 0.4) is 0 Å². The van der Waals surface area contributed by atoms with E-state index >= 15 is 0 Å². The van der Waals surface area contributed by atoms with Gasteiger partial charge in [-0.15, -0.1) is 0 Å². The van der Waals surface area contributed by atoms with E-state index in [2.05, 4.69) is 26.4 Å². The maximum Gasteiger partial charge on any atom is 0.273 e. The van der Waals surface area contributed by atoms with Crippen molar-refractivity contribution in [1.29, 1.82) is 0 Å². The molecule has 1 unspecified atom stereocenters. The Hall–Kier alpha value is -0.920. The van der Waals surface area contributed by atoms with Crippen molar-refractivity contribution in [3.05, 3.63) is 17.5 Å². The summed E-state index contributed by atoms with van der Waals surface area (Å²) in [5.41, 5.74) is 0.245. The minimum atomic E-state index is -0.281. The molecule has 0 aliphatic heterocycles. The third kappa shape index (κ3) is 4.84. The first-order chi connectivity index (χ1) is 8.17.